The number of thiophene rings is 1. The Morgan fingerprint density at radius 2 is 1.87 bits per heavy atom. The van der Waals surface area contributed by atoms with Crippen molar-refractivity contribution in [3.8, 4) is 11.3 Å². The predicted molar refractivity (Wildman–Crippen MR) is 96.6 cm³/mol. The molecule has 3 heteroatoms. The molecule has 23 heavy (non-hydrogen) atoms. The van der Waals surface area contributed by atoms with Gasteiger partial charge in [-0.05, 0) is 35.7 Å². The van der Waals surface area contributed by atoms with Crippen LogP contribution in [0.2, 0.25) is 0 Å². The maximum absolute atomic E-state index is 13.5. The number of hydrogen-bond donors (Lipinski definition) is 0. The fourth-order valence-corrected chi connectivity index (χ4v) is 4.18. The highest BCUT2D eigenvalue weighted by atomic mass is 32.1. The molecule has 0 aliphatic carbocycles. The fraction of sp³-hybridized carbons (Fsp3) is 0.150. The van der Waals surface area contributed by atoms with Crippen LogP contribution in [0, 0.1) is 5.82 Å². The Morgan fingerprint density at radius 1 is 1.00 bits per heavy atom. The largest absolute Gasteiger partial charge is 0.256 e. The molecule has 2 heterocycles. The van der Waals surface area contributed by atoms with Crippen LogP contribution in [0.1, 0.15) is 25.3 Å². The molecule has 0 atom stereocenters. The lowest BCUT2D eigenvalue weighted by molar-refractivity contribution is 0.630. The first-order chi connectivity index (χ1) is 11.1. The van der Waals surface area contributed by atoms with E-state index >= 15 is 0 Å². The topological polar surface area (TPSA) is 12.9 Å². The summed E-state index contributed by atoms with van der Waals surface area (Å²) in [6, 6.07) is 15.5. The third kappa shape index (κ3) is 2.41. The third-order valence-electron chi connectivity index (χ3n) is 4.19. The zero-order valence-electron chi connectivity index (χ0n) is 13.0. The van der Waals surface area contributed by atoms with E-state index in [1.165, 1.54) is 21.7 Å². The van der Waals surface area contributed by atoms with E-state index < -0.39 is 0 Å². The smallest absolute Gasteiger partial charge is 0.124 e. The third-order valence-corrected chi connectivity index (χ3v) is 5.39. The Hall–Kier alpha value is -2.26. The molecule has 0 saturated heterocycles. The van der Waals surface area contributed by atoms with Gasteiger partial charge >= 0.3 is 0 Å². The standard InChI is InChI=1S/C20H16FNS/c1-12(2)13-8-9-22-18(10-13)17-5-3-4-16-15-7-6-14(21)11-19(15)23-20(16)17/h3-12H,1-2H3. The summed E-state index contributed by atoms with van der Waals surface area (Å²) in [5, 5.41) is 2.27. The minimum atomic E-state index is -0.189. The van der Waals surface area contributed by atoms with Crippen molar-refractivity contribution in [1.82, 2.24) is 4.98 Å². The molecule has 0 radical (unpaired) electrons. The van der Waals surface area contributed by atoms with E-state index in [1.54, 1.807) is 17.4 Å². The van der Waals surface area contributed by atoms with E-state index in [0.29, 0.717) is 5.92 Å². The molecule has 2 aromatic carbocycles. The average molecular weight is 321 g/mol. The van der Waals surface area contributed by atoms with Gasteiger partial charge in [-0.2, -0.15) is 0 Å². The summed E-state index contributed by atoms with van der Waals surface area (Å²) < 4.78 is 15.7. The van der Waals surface area contributed by atoms with Crippen molar-refractivity contribution in [1.29, 1.82) is 0 Å². The van der Waals surface area contributed by atoms with Gasteiger partial charge in [0, 0.05) is 31.9 Å². The van der Waals surface area contributed by atoms with Crippen LogP contribution >= 0.6 is 11.3 Å². The number of aromatic nitrogens is 1. The van der Waals surface area contributed by atoms with Crippen molar-refractivity contribution in [2.75, 3.05) is 0 Å². The van der Waals surface area contributed by atoms with Crippen LogP contribution in [0.3, 0.4) is 0 Å². The first kappa shape index (κ1) is 14.3. The van der Waals surface area contributed by atoms with Crippen LogP contribution in [0.5, 0.6) is 0 Å². The van der Waals surface area contributed by atoms with Crippen molar-refractivity contribution in [3.05, 3.63) is 66.1 Å². The second kappa shape index (κ2) is 5.43. The molecule has 0 aliphatic heterocycles. The number of rotatable bonds is 2. The van der Waals surface area contributed by atoms with Gasteiger partial charge in [0.2, 0.25) is 0 Å². The second-order valence-corrected chi connectivity index (χ2v) is 7.11. The molecule has 1 nitrogen and oxygen atoms in total. The van der Waals surface area contributed by atoms with E-state index in [0.717, 1.165) is 21.3 Å². The predicted octanol–water partition coefficient (Wildman–Crippen LogP) is 6.38. The van der Waals surface area contributed by atoms with Crippen LogP contribution in [-0.2, 0) is 0 Å². The van der Waals surface area contributed by atoms with Gasteiger partial charge in [-0.1, -0.05) is 38.1 Å². The lowest BCUT2D eigenvalue weighted by Gasteiger charge is -2.08. The number of hydrogen-bond acceptors (Lipinski definition) is 2. The Bertz CT molecular complexity index is 1020. The zero-order valence-corrected chi connectivity index (χ0v) is 13.8. The second-order valence-electron chi connectivity index (χ2n) is 6.05. The molecule has 0 bridgehead atoms. The number of nitrogens with zero attached hydrogens (tertiary/aromatic N) is 1. The monoisotopic (exact) mass is 321 g/mol. The van der Waals surface area contributed by atoms with E-state index in [-0.39, 0.29) is 5.82 Å². The first-order valence-corrected chi connectivity index (χ1v) is 8.52. The Labute approximate surface area is 138 Å². The van der Waals surface area contributed by atoms with Crippen molar-refractivity contribution in [3.63, 3.8) is 0 Å². The Kier molecular flexibility index (Phi) is 3.38. The Balaban J connectivity index is 2.00. The Morgan fingerprint density at radius 3 is 2.70 bits per heavy atom. The minimum Gasteiger partial charge on any atom is -0.256 e. The van der Waals surface area contributed by atoms with Gasteiger partial charge in [0.25, 0.3) is 0 Å². The summed E-state index contributed by atoms with van der Waals surface area (Å²) in [5.41, 5.74) is 3.37. The summed E-state index contributed by atoms with van der Waals surface area (Å²) in [4.78, 5) is 4.56. The maximum atomic E-state index is 13.5. The van der Waals surface area contributed by atoms with Crippen LogP contribution in [0.25, 0.3) is 31.4 Å². The highest BCUT2D eigenvalue weighted by Crippen LogP contribution is 2.39. The molecule has 0 fully saturated rings. The van der Waals surface area contributed by atoms with Crippen molar-refractivity contribution in [2.24, 2.45) is 0 Å². The van der Waals surface area contributed by atoms with Gasteiger partial charge in [0.1, 0.15) is 5.82 Å². The van der Waals surface area contributed by atoms with E-state index in [4.69, 9.17) is 0 Å². The maximum Gasteiger partial charge on any atom is 0.124 e. The molecule has 4 aromatic rings. The van der Waals surface area contributed by atoms with Crippen molar-refractivity contribution >= 4 is 31.5 Å². The van der Waals surface area contributed by atoms with Crippen molar-refractivity contribution < 1.29 is 4.39 Å². The molecule has 0 unspecified atom stereocenters. The molecule has 0 spiro atoms. The number of halogens is 1. The number of fused-ring (bicyclic) bond motifs is 3. The summed E-state index contributed by atoms with van der Waals surface area (Å²) >= 11 is 1.63. The van der Waals surface area contributed by atoms with Crippen molar-refractivity contribution in [2.45, 2.75) is 19.8 Å². The van der Waals surface area contributed by atoms with Gasteiger partial charge in [-0.15, -0.1) is 11.3 Å². The van der Waals surface area contributed by atoms with Crippen LogP contribution in [0.4, 0.5) is 4.39 Å². The van der Waals surface area contributed by atoms with Gasteiger partial charge in [-0.3, -0.25) is 4.98 Å². The highest BCUT2D eigenvalue weighted by Gasteiger charge is 2.12. The normalized spacial score (nSPS) is 11.7. The molecule has 4 rings (SSSR count). The molecule has 0 saturated carbocycles. The van der Waals surface area contributed by atoms with E-state index in [9.17, 15) is 4.39 Å². The van der Waals surface area contributed by atoms with Gasteiger partial charge < -0.3 is 0 Å². The van der Waals surface area contributed by atoms with Crippen LogP contribution in [-0.4, -0.2) is 4.98 Å². The molecule has 0 amide bonds. The van der Waals surface area contributed by atoms with E-state index in [2.05, 4.69) is 49.2 Å². The lowest BCUT2D eigenvalue weighted by atomic mass is 10.0. The number of benzene rings is 2. The van der Waals surface area contributed by atoms with E-state index in [1.807, 2.05) is 12.3 Å². The highest BCUT2D eigenvalue weighted by molar-refractivity contribution is 7.26. The minimum absolute atomic E-state index is 0.189. The lowest BCUT2D eigenvalue weighted by Crippen LogP contribution is -1.90. The SMILES string of the molecule is CC(C)c1ccnc(-c2cccc3c2sc2cc(F)ccc23)c1. The molecule has 2 aromatic heterocycles. The molecular formula is C20H16FNS. The fourth-order valence-electron chi connectivity index (χ4n) is 2.93. The van der Waals surface area contributed by atoms with Gasteiger partial charge in [0.15, 0.2) is 0 Å². The molecular weight excluding hydrogens is 305 g/mol. The molecule has 0 aliphatic rings. The first-order valence-electron chi connectivity index (χ1n) is 7.70. The molecule has 0 N–H and O–H groups in total. The number of pyridine rings is 1. The summed E-state index contributed by atoms with van der Waals surface area (Å²) in [6.45, 7) is 4.36. The zero-order chi connectivity index (χ0) is 16.0. The summed E-state index contributed by atoms with van der Waals surface area (Å²) in [7, 11) is 0. The van der Waals surface area contributed by atoms with Crippen LogP contribution < -0.4 is 0 Å². The summed E-state index contributed by atoms with van der Waals surface area (Å²) in [5.74, 6) is 0.276. The molecule has 114 valence electrons. The van der Waals surface area contributed by atoms with Gasteiger partial charge in [-0.25, -0.2) is 4.39 Å². The van der Waals surface area contributed by atoms with Crippen LogP contribution in [0.15, 0.2) is 54.7 Å². The van der Waals surface area contributed by atoms with Gasteiger partial charge in [0.05, 0.1) is 5.69 Å². The summed E-state index contributed by atoms with van der Waals surface area (Å²) in [6.07, 6.45) is 1.87. The quantitative estimate of drug-likeness (QED) is 0.417. The average Bonchev–Trinajstić information content (AvgIpc) is 2.92.